The van der Waals surface area contributed by atoms with Gasteiger partial charge < -0.3 is 15.2 Å². The first kappa shape index (κ1) is 22.4. The van der Waals surface area contributed by atoms with Crippen LogP contribution in [0.15, 0.2) is 23.2 Å². The van der Waals surface area contributed by atoms with Gasteiger partial charge in [-0.05, 0) is 38.3 Å². The van der Waals surface area contributed by atoms with E-state index in [0.29, 0.717) is 13.1 Å². The molecule has 0 aliphatic carbocycles. The number of benzene rings is 1. The second-order valence-electron chi connectivity index (χ2n) is 6.45. The molecule has 144 valence electrons. The molecular weight excluding hydrogens is 439 g/mol. The summed E-state index contributed by atoms with van der Waals surface area (Å²) in [5.74, 6) is 2.62. The van der Waals surface area contributed by atoms with E-state index in [9.17, 15) is 0 Å². The number of nitrogens with zero attached hydrogens (tertiary/aromatic N) is 4. The van der Waals surface area contributed by atoms with E-state index < -0.39 is 0 Å². The Bertz CT molecular complexity index is 723. The molecule has 1 aromatic heterocycles. The Balaban J connectivity index is 0.00000338. The zero-order chi connectivity index (χ0) is 18.2. The van der Waals surface area contributed by atoms with Crippen molar-refractivity contribution < 1.29 is 0 Å². The zero-order valence-electron chi connectivity index (χ0n) is 16.5. The molecule has 2 N–H and O–H groups in total. The minimum Gasteiger partial charge on any atom is -0.356 e. The Labute approximate surface area is 173 Å². The Morgan fingerprint density at radius 2 is 1.92 bits per heavy atom. The van der Waals surface area contributed by atoms with E-state index in [4.69, 9.17) is 4.99 Å². The van der Waals surface area contributed by atoms with Crippen molar-refractivity contribution in [1.29, 1.82) is 0 Å². The van der Waals surface area contributed by atoms with E-state index in [0.717, 1.165) is 37.0 Å². The average Bonchev–Trinajstić information content (AvgIpc) is 2.90. The van der Waals surface area contributed by atoms with Gasteiger partial charge in [-0.2, -0.15) is 0 Å². The lowest BCUT2D eigenvalue weighted by Crippen LogP contribution is -2.38. The number of aryl methyl sites for hydroxylation is 3. The van der Waals surface area contributed by atoms with Gasteiger partial charge in [0.2, 0.25) is 0 Å². The van der Waals surface area contributed by atoms with E-state index in [1.54, 1.807) is 0 Å². The van der Waals surface area contributed by atoms with E-state index >= 15 is 0 Å². The van der Waals surface area contributed by atoms with E-state index in [1.807, 2.05) is 18.5 Å². The van der Waals surface area contributed by atoms with Crippen LogP contribution in [-0.4, -0.2) is 27.3 Å². The Morgan fingerprint density at radius 1 is 1.15 bits per heavy atom. The van der Waals surface area contributed by atoms with Crippen LogP contribution in [0.1, 0.15) is 48.1 Å². The largest absolute Gasteiger partial charge is 0.356 e. The molecule has 0 saturated heterocycles. The van der Waals surface area contributed by atoms with Crippen LogP contribution in [0.25, 0.3) is 0 Å². The van der Waals surface area contributed by atoms with Crippen molar-refractivity contribution >= 4 is 29.9 Å². The predicted octanol–water partition coefficient (Wildman–Crippen LogP) is 3.39. The minimum atomic E-state index is 0. The number of rotatable bonds is 7. The van der Waals surface area contributed by atoms with Crippen molar-refractivity contribution in [3.63, 3.8) is 0 Å². The summed E-state index contributed by atoms with van der Waals surface area (Å²) in [4.78, 5) is 4.74. The minimum absolute atomic E-state index is 0. The molecule has 26 heavy (non-hydrogen) atoms. The number of aromatic nitrogens is 3. The topological polar surface area (TPSA) is 67.1 Å². The standard InChI is InChI=1S/C19H30N6.HI/c1-6-7-10-20-19(22-13-18-24-23-16(4)25(18)5)21-12-17-9-8-14(2)11-15(17)3;/h8-9,11H,6-7,10,12-13H2,1-5H3,(H2,20,21,22);1H. The summed E-state index contributed by atoms with van der Waals surface area (Å²) in [6.45, 7) is 10.6. The third-order valence-electron chi connectivity index (χ3n) is 4.33. The molecule has 0 bridgehead atoms. The van der Waals surface area contributed by atoms with Gasteiger partial charge in [0.1, 0.15) is 5.82 Å². The molecule has 0 saturated carbocycles. The fourth-order valence-electron chi connectivity index (χ4n) is 2.51. The maximum atomic E-state index is 4.74. The van der Waals surface area contributed by atoms with Crippen LogP contribution in [0.4, 0.5) is 0 Å². The molecular formula is C19H31IN6. The maximum absolute atomic E-state index is 4.74. The summed E-state index contributed by atoms with van der Waals surface area (Å²) < 4.78 is 1.99. The Hall–Kier alpha value is -1.64. The number of hydrogen-bond donors (Lipinski definition) is 2. The summed E-state index contributed by atoms with van der Waals surface area (Å²) >= 11 is 0. The van der Waals surface area contributed by atoms with Gasteiger partial charge in [0.15, 0.2) is 11.8 Å². The van der Waals surface area contributed by atoms with Crippen LogP contribution < -0.4 is 10.6 Å². The van der Waals surface area contributed by atoms with E-state index in [2.05, 4.69) is 59.8 Å². The first-order chi connectivity index (χ1) is 12.0. The zero-order valence-corrected chi connectivity index (χ0v) is 18.8. The summed E-state index contributed by atoms with van der Waals surface area (Å²) in [7, 11) is 1.98. The van der Waals surface area contributed by atoms with Crippen LogP contribution in [0, 0.1) is 20.8 Å². The Morgan fingerprint density at radius 3 is 2.54 bits per heavy atom. The SMILES string of the molecule is CCCCNC(=NCc1ccc(C)cc1C)NCc1nnc(C)n1C.I. The second-order valence-corrected chi connectivity index (χ2v) is 6.45. The molecule has 0 aliphatic rings. The number of guanidine groups is 1. The van der Waals surface area contributed by atoms with Crippen LogP contribution in [-0.2, 0) is 20.1 Å². The van der Waals surface area contributed by atoms with E-state index in [-0.39, 0.29) is 24.0 Å². The van der Waals surface area contributed by atoms with Gasteiger partial charge in [0.25, 0.3) is 0 Å². The van der Waals surface area contributed by atoms with Gasteiger partial charge in [-0.1, -0.05) is 37.1 Å². The summed E-state index contributed by atoms with van der Waals surface area (Å²) in [6, 6.07) is 6.49. The summed E-state index contributed by atoms with van der Waals surface area (Å²) in [5, 5.41) is 15.1. The lowest BCUT2D eigenvalue weighted by molar-refractivity contribution is 0.695. The molecule has 0 atom stereocenters. The van der Waals surface area contributed by atoms with Crippen molar-refractivity contribution in [2.75, 3.05) is 6.54 Å². The Kier molecular flexibility index (Phi) is 9.61. The second kappa shape index (κ2) is 11.2. The molecule has 1 heterocycles. The first-order valence-electron chi connectivity index (χ1n) is 8.94. The van der Waals surface area contributed by atoms with Gasteiger partial charge in [-0.15, -0.1) is 34.2 Å². The van der Waals surface area contributed by atoms with Crippen molar-refractivity contribution in [3.8, 4) is 0 Å². The smallest absolute Gasteiger partial charge is 0.191 e. The van der Waals surface area contributed by atoms with E-state index in [1.165, 1.54) is 16.7 Å². The fourth-order valence-corrected chi connectivity index (χ4v) is 2.51. The molecule has 0 amide bonds. The molecule has 1 aromatic carbocycles. The number of hydrogen-bond acceptors (Lipinski definition) is 3. The number of halogens is 1. The van der Waals surface area contributed by atoms with Crippen molar-refractivity contribution in [1.82, 2.24) is 25.4 Å². The highest BCUT2D eigenvalue weighted by Crippen LogP contribution is 2.11. The lowest BCUT2D eigenvalue weighted by atomic mass is 10.1. The average molecular weight is 470 g/mol. The van der Waals surface area contributed by atoms with Gasteiger partial charge in [-0.25, -0.2) is 4.99 Å². The number of aliphatic imine (C=N–C) groups is 1. The van der Waals surface area contributed by atoms with Gasteiger partial charge >= 0.3 is 0 Å². The molecule has 2 rings (SSSR count). The third kappa shape index (κ3) is 6.59. The molecule has 2 aromatic rings. The number of unbranched alkanes of at least 4 members (excludes halogenated alkanes) is 1. The molecule has 7 heteroatoms. The monoisotopic (exact) mass is 470 g/mol. The lowest BCUT2D eigenvalue weighted by Gasteiger charge is -2.13. The van der Waals surface area contributed by atoms with Gasteiger partial charge in [0, 0.05) is 13.6 Å². The predicted molar refractivity (Wildman–Crippen MR) is 118 cm³/mol. The van der Waals surface area contributed by atoms with Crippen LogP contribution >= 0.6 is 24.0 Å². The highest BCUT2D eigenvalue weighted by Gasteiger charge is 2.06. The molecule has 0 aliphatic heterocycles. The van der Waals surface area contributed by atoms with Crippen molar-refractivity contribution in [2.45, 2.75) is 53.6 Å². The fraction of sp³-hybridized carbons (Fsp3) is 0.526. The molecule has 0 unspecified atom stereocenters. The van der Waals surface area contributed by atoms with Crippen molar-refractivity contribution in [3.05, 3.63) is 46.5 Å². The third-order valence-corrected chi connectivity index (χ3v) is 4.33. The summed E-state index contributed by atoms with van der Waals surface area (Å²) in [5.41, 5.74) is 3.81. The van der Waals surface area contributed by atoms with Crippen LogP contribution in [0.5, 0.6) is 0 Å². The van der Waals surface area contributed by atoms with Crippen LogP contribution in [0.3, 0.4) is 0 Å². The van der Waals surface area contributed by atoms with Gasteiger partial charge in [0.05, 0.1) is 13.1 Å². The molecule has 0 spiro atoms. The molecule has 6 nitrogen and oxygen atoms in total. The first-order valence-corrected chi connectivity index (χ1v) is 8.94. The molecule has 0 radical (unpaired) electrons. The summed E-state index contributed by atoms with van der Waals surface area (Å²) in [6.07, 6.45) is 2.27. The maximum Gasteiger partial charge on any atom is 0.191 e. The van der Waals surface area contributed by atoms with Crippen LogP contribution in [0.2, 0.25) is 0 Å². The number of nitrogens with one attached hydrogen (secondary N) is 2. The normalized spacial score (nSPS) is 11.2. The highest BCUT2D eigenvalue weighted by molar-refractivity contribution is 14.0. The highest BCUT2D eigenvalue weighted by atomic mass is 127. The van der Waals surface area contributed by atoms with Gasteiger partial charge in [-0.3, -0.25) is 0 Å². The quantitative estimate of drug-likeness (QED) is 0.282. The molecule has 0 fully saturated rings. The van der Waals surface area contributed by atoms with Crippen molar-refractivity contribution in [2.24, 2.45) is 12.0 Å².